The van der Waals surface area contributed by atoms with E-state index in [0.29, 0.717) is 43.6 Å². The maximum Gasteiger partial charge on any atom is 0.322 e. The van der Waals surface area contributed by atoms with Gasteiger partial charge in [-0.2, -0.15) is 0 Å². The predicted molar refractivity (Wildman–Crippen MR) is 121 cm³/mol. The highest BCUT2D eigenvalue weighted by molar-refractivity contribution is 5.97. The number of hydrogen-bond acceptors (Lipinski definition) is 5. The number of halogens is 1. The summed E-state index contributed by atoms with van der Waals surface area (Å²) in [5.74, 6) is 0.547. The number of Topliss-reactive ketones (excluding diaryl/α,β-unsaturated/α-hetero) is 1. The maximum atomic E-state index is 13.0. The van der Waals surface area contributed by atoms with Crippen molar-refractivity contribution in [3.05, 3.63) is 59.5 Å². The molecule has 1 saturated heterocycles. The van der Waals surface area contributed by atoms with Gasteiger partial charge in [-0.15, -0.1) is 0 Å². The van der Waals surface area contributed by atoms with Gasteiger partial charge in [-0.25, -0.2) is 14.2 Å². The number of nitrogens with one attached hydrogen (secondary N) is 1. The number of carbonyl (C=O) groups excluding carboxylic acids is 2. The third-order valence-electron chi connectivity index (χ3n) is 5.65. The molecule has 7 nitrogen and oxygen atoms in total. The van der Waals surface area contributed by atoms with Crippen LogP contribution in [0.25, 0.3) is 0 Å². The van der Waals surface area contributed by atoms with Gasteiger partial charge in [0.1, 0.15) is 11.6 Å². The molecule has 0 radical (unpaired) electrons. The molecule has 0 bridgehead atoms. The summed E-state index contributed by atoms with van der Waals surface area (Å²) in [4.78, 5) is 33.0. The summed E-state index contributed by atoms with van der Waals surface area (Å²) in [6.45, 7) is 5.67. The molecule has 1 fully saturated rings. The lowest BCUT2D eigenvalue weighted by molar-refractivity contribution is 0.0887. The first-order valence-corrected chi connectivity index (χ1v) is 11.0. The Morgan fingerprint density at radius 2 is 1.91 bits per heavy atom. The Labute approximate surface area is 188 Å². The van der Waals surface area contributed by atoms with E-state index in [4.69, 9.17) is 4.74 Å². The number of amides is 2. The van der Waals surface area contributed by atoms with E-state index in [1.807, 2.05) is 13.0 Å². The highest BCUT2D eigenvalue weighted by atomic mass is 19.1. The fourth-order valence-electron chi connectivity index (χ4n) is 3.74. The number of rotatable bonds is 9. The lowest BCUT2D eigenvalue weighted by atomic mass is 9.96. The SMILES string of the molecule is CCOCc1ccc(NC(=O)N(C)CC2CCN(CC(=O)c3ccc(F)cc3)CC2)nc1. The number of benzene rings is 1. The molecule has 172 valence electrons. The summed E-state index contributed by atoms with van der Waals surface area (Å²) in [7, 11) is 1.78. The van der Waals surface area contributed by atoms with Crippen LogP contribution in [0.5, 0.6) is 0 Å². The van der Waals surface area contributed by atoms with Gasteiger partial charge in [-0.3, -0.25) is 15.0 Å². The van der Waals surface area contributed by atoms with Crippen LogP contribution < -0.4 is 5.32 Å². The van der Waals surface area contributed by atoms with Crippen LogP contribution in [-0.2, 0) is 11.3 Å². The molecule has 2 amide bonds. The van der Waals surface area contributed by atoms with Crippen LogP contribution >= 0.6 is 0 Å². The first kappa shape index (κ1) is 23.8. The first-order chi connectivity index (χ1) is 15.4. The Bertz CT molecular complexity index is 881. The smallest absolute Gasteiger partial charge is 0.322 e. The third kappa shape index (κ3) is 7.10. The van der Waals surface area contributed by atoms with Crippen LogP contribution in [0.1, 0.15) is 35.7 Å². The van der Waals surface area contributed by atoms with Gasteiger partial charge in [0.2, 0.25) is 0 Å². The number of hydrogen-bond donors (Lipinski definition) is 1. The van der Waals surface area contributed by atoms with E-state index in [9.17, 15) is 14.0 Å². The van der Waals surface area contributed by atoms with Crippen LogP contribution in [0.3, 0.4) is 0 Å². The first-order valence-electron chi connectivity index (χ1n) is 11.0. The topological polar surface area (TPSA) is 74.8 Å². The number of anilines is 1. The minimum absolute atomic E-state index is 0.000258. The Hall–Kier alpha value is -2.84. The van der Waals surface area contributed by atoms with E-state index in [0.717, 1.165) is 31.5 Å². The molecule has 0 aliphatic carbocycles. The quantitative estimate of drug-likeness (QED) is 0.598. The summed E-state index contributed by atoms with van der Waals surface area (Å²) in [6, 6.07) is 9.15. The van der Waals surface area contributed by atoms with Crippen LogP contribution in [0.15, 0.2) is 42.6 Å². The molecule has 1 aromatic heterocycles. The zero-order valence-electron chi connectivity index (χ0n) is 18.7. The highest BCUT2D eigenvalue weighted by Gasteiger charge is 2.23. The molecule has 1 aromatic carbocycles. The molecule has 0 unspecified atom stereocenters. The van der Waals surface area contributed by atoms with Gasteiger partial charge >= 0.3 is 6.03 Å². The van der Waals surface area contributed by atoms with Gasteiger partial charge in [-0.1, -0.05) is 6.07 Å². The Balaban J connectivity index is 1.39. The second-order valence-electron chi connectivity index (χ2n) is 8.15. The van der Waals surface area contributed by atoms with Gasteiger partial charge < -0.3 is 9.64 Å². The molecular weight excluding hydrogens is 411 g/mol. The number of aromatic nitrogens is 1. The van der Waals surface area contributed by atoms with E-state index < -0.39 is 0 Å². The number of carbonyl (C=O) groups is 2. The fraction of sp³-hybridized carbons (Fsp3) is 0.458. The highest BCUT2D eigenvalue weighted by Crippen LogP contribution is 2.19. The van der Waals surface area contributed by atoms with Gasteiger partial charge in [0, 0.05) is 32.0 Å². The van der Waals surface area contributed by atoms with Crippen molar-refractivity contribution in [3.8, 4) is 0 Å². The van der Waals surface area contributed by atoms with Crippen molar-refractivity contribution in [2.45, 2.75) is 26.4 Å². The fourth-order valence-corrected chi connectivity index (χ4v) is 3.74. The number of likely N-dealkylation sites (tertiary alicyclic amines) is 1. The zero-order valence-corrected chi connectivity index (χ0v) is 18.7. The van der Waals surface area contributed by atoms with E-state index >= 15 is 0 Å². The standard InChI is InChI=1S/C24H31FN4O3/c1-3-32-17-19-4-9-23(26-14-19)27-24(31)28(2)15-18-10-12-29(13-11-18)16-22(30)20-5-7-21(25)8-6-20/h4-9,14,18H,3,10-13,15-17H2,1-2H3,(H,26,27,31). The van der Waals surface area contributed by atoms with Crippen LogP contribution in [0, 0.1) is 11.7 Å². The van der Waals surface area contributed by atoms with Gasteiger partial charge in [0.05, 0.1) is 13.2 Å². The summed E-state index contributed by atoms with van der Waals surface area (Å²) >= 11 is 0. The van der Waals surface area contributed by atoms with Crippen molar-refractivity contribution in [2.24, 2.45) is 5.92 Å². The van der Waals surface area contributed by atoms with Crippen LogP contribution in [0.2, 0.25) is 0 Å². The van der Waals surface area contributed by atoms with Gasteiger partial charge in [-0.05, 0) is 74.7 Å². The second-order valence-corrected chi connectivity index (χ2v) is 8.15. The number of piperidine rings is 1. The predicted octanol–water partition coefficient (Wildman–Crippen LogP) is 3.82. The van der Waals surface area contributed by atoms with Crippen molar-refractivity contribution in [1.82, 2.24) is 14.8 Å². The zero-order chi connectivity index (χ0) is 22.9. The summed E-state index contributed by atoms with van der Waals surface area (Å²) in [5, 5.41) is 2.82. The second kappa shape index (κ2) is 11.7. The molecule has 2 heterocycles. The molecule has 2 aromatic rings. The number of urea groups is 1. The molecule has 3 rings (SSSR count). The monoisotopic (exact) mass is 442 g/mol. The number of pyridine rings is 1. The van der Waals surface area contributed by atoms with Crippen molar-refractivity contribution in [2.75, 3.05) is 45.2 Å². The van der Waals surface area contributed by atoms with Crippen molar-refractivity contribution < 1.29 is 18.7 Å². The van der Waals surface area contributed by atoms with Gasteiger partial charge in [0.25, 0.3) is 0 Å². The number of ketones is 1. The average Bonchev–Trinajstić information content (AvgIpc) is 2.80. The molecule has 0 saturated carbocycles. The minimum Gasteiger partial charge on any atom is -0.377 e. The average molecular weight is 443 g/mol. The number of nitrogens with zero attached hydrogens (tertiary/aromatic N) is 3. The largest absolute Gasteiger partial charge is 0.377 e. The molecule has 1 N–H and O–H groups in total. The molecule has 0 atom stereocenters. The lowest BCUT2D eigenvalue weighted by Gasteiger charge is -2.33. The summed E-state index contributed by atoms with van der Waals surface area (Å²) in [5.41, 5.74) is 1.49. The van der Waals surface area contributed by atoms with Crippen LogP contribution in [-0.4, -0.2) is 66.4 Å². The molecule has 0 spiro atoms. The molecule has 8 heteroatoms. The molecule has 1 aliphatic heterocycles. The van der Waals surface area contributed by atoms with Crippen molar-refractivity contribution in [3.63, 3.8) is 0 Å². The van der Waals surface area contributed by atoms with E-state index in [2.05, 4.69) is 15.2 Å². The minimum atomic E-state index is -0.343. The van der Waals surface area contributed by atoms with E-state index in [1.165, 1.54) is 24.3 Å². The van der Waals surface area contributed by atoms with E-state index in [1.54, 1.807) is 24.2 Å². The lowest BCUT2D eigenvalue weighted by Crippen LogP contribution is -2.42. The summed E-state index contributed by atoms with van der Waals surface area (Å²) in [6.07, 6.45) is 3.53. The van der Waals surface area contributed by atoms with Gasteiger partial charge in [0.15, 0.2) is 5.78 Å². The number of ether oxygens (including phenoxy) is 1. The molecule has 32 heavy (non-hydrogen) atoms. The third-order valence-corrected chi connectivity index (χ3v) is 5.65. The Kier molecular flexibility index (Phi) is 8.70. The molecule has 1 aliphatic rings. The Morgan fingerprint density at radius 3 is 2.53 bits per heavy atom. The maximum absolute atomic E-state index is 13.0. The normalized spacial score (nSPS) is 14.8. The van der Waals surface area contributed by atoms with Crippen molar-refractivity contribution in [1.29, 1.82) is 0 Å². The van der Waals surface area contributed by atoms with Crippen molar-refractivity contribution >= 4 is 17.6 Å². The van der Waals surface area contributed by atoms with E-state index in [-0.39, 0.29) is 17.6 Å². The molecular formula is C24H31FN4O3. The Morgan fingerprint density at radius 1 is 1.19 bits per heavy atom. The summed E-state index contributed by atoms with van der Waals surface area (Å²) < 4.78 is 18.4. The van der Waals surface area contributed by atoms with Crippen LogP contribution in [0.4, 0.5) is 15.0 Å².